The van der Waals surface area contributed by atoms with Crippen LogP contribution in [0.5, 0.6) is 5.75 Å². The average molecular weight is 244 g/mol. The summed E-state index contributed by atoms with van der Waals surface area (Å²) in [7, 11) is 2.03. The second-order valence-corrected chi connectivity index (χ2v) is 5.60. The number of hydrogen-bond acceptors (Lipinski definition) is 3. The molecule has 3 heteroatoms. The van der Waals surface area contributed by atoms with Crippen LogP contribution in [-0.4, -0.2) is 20.2 Å². The van der Waals surface area contributed by atoms with Gasteiger partial charge < -0.3 is 9.64 Å². The van der Waals surface area contributed by atoms with Gasteiger partial charge in [0.1, 0.15) is 5.75 Å². The van der Waals surface area contributed by atoms with Crippen molar-refractivity contribution in [3.8, 4) is 11.8 Å². The summed E-state index contributed by atoms with van der Waals surface area (Å²) in [6, 6.07) is 8.63. The van der Waals surface area contributed by atoms with Gasteiger partial charge in [-0.05, 0) is 50.5 Å². The molecule has 0 bridgehead atoms. The molecule has 1 heterocycles. The predicted molar refractivity (Wildman–Crippen MR) is 72.9 cm³/mol. The minimum absolute atomic E-state index is 0.332. The largest absolute Gasteiger partial charge is 0.493 e. The van der Waals surface area contributed by atoms with Crippen molar-refractivity contribution in [2.24, 2.45) is 5.41 Å². The Bertz CT molecular complexity index is 474. The maximum atomic E-state index is 9.09. The van der Waals surface area contributed by atoms with E-state index in [0.29, 0.717) is 0 Å². The van der Waals surface area contributed by atoms with Gasteiger partial charge in [0.25, 0.3) is 0 Å². The van der Waals surface area contributed by atoms with Crippen molar-refractivity contribution in [1.82, 2.24) is 0 Å². The number of anilines is 1. The molecule has 0 saturated carbocycles. The monoisotopic (exact) mass is 244 g/mol. The van der Waals surface area contributed by atoms with Crippen molar-refractivity contribution in [2.75, 3.05) is 25.1 Å². The van der Waals surface area contributed by atoms with Gasteiger partial charge in [-0.2, -0.15) is 5.26 Å². The molecule has 1 aliphatic rings. The lowest BCUT2D eigenvalue weighted by Crippen LogP contribution is -2.30. The van der Waals surface area contributed by atoms with Gasteiger partial charge in [0.05, 0.1) is 18.1 Å². The maximum Gasteiger partial charge on any atom is 0.122 e. The molecule has 1 aliphatic heterocycles. The third-order valence-corrected chi connectivity index (χ3v) is 3.27. The van der Waals surface area contributed by atoms with Crippen molar-refractivity contribution in [3.63, 3.8) is 0 Å². The van der Waals surface area contributed by atoms with E-state index in [0.717, 1.165) is 37.4 Å². The third kappa shape index (κ3) is 2.76. The van der Waals surface area contributed by atoms with Crippen LogP contribution in [-0.2, 0) is 6.42 Å². The first-order valence-corrected chi connectivity index (χ1v) is 6.40. The second-order valence-electron chi connectivity index (χ2n) is 5.60. The minimum atomic E-state index is -0.332. The lowest BCUT2D eigenvalue weighted by molar-refractivity contribution is 0.288. The van der Waals surface area contributed by atoms with Crippen LogP contribution >= 0.6 is 0 Å². The third-order valence-electron chi connectivity index (χ3n) is 3.27. The Balaban J connectivity index is 2.16. The molecule has 0 amide bonds. The number of ether oxygens (including phenoxy) is 1. The number of rotatable bonds is 3. The van der Waals surface area contributed by atoms with E-state index in [1.807, 2.05) is 27.0 Å². The Kier molecular flexibility index (Phi) is 3.47. The van der Waals surface area contributed by atoms with Crippen LogP contribution in [0, 0.1) is 16.7 Å². The molecule has 1 aromatic rings. The fourth-order valence-electron chi connectivity index (χ4n) is 2.30. The van der Waals surface area contributed by atoms with Crippen LogP contribution < -0.4 is 9.64 Å². The molecule has 96 valence electrons. The lowest BCUT2D eigenvalue weighted by Gasteiger charge is -2.27. The second kappa shape index (κ2) is 4.89. The molecule has 1 aromatic carbocycles. The summed E-state index contributed by atoms with van der Waals surface area (Å²) >= 11 is 0. The molecular weight excluding hydrogens is 224 g/mol. The standard InChI is InChI=1S/C15H20N2O/c1-15(2,10-16)11-17(3)13-6-7-14-12(9-13)5-4-8-18-14/h6-7,9H,4-5,8,11H2,1-3H3. The SMILES string of the molecule is CN(CC(C)(C)C#N)c1ccc2c(c1)CCCO2. The van der Waals surface area contributed by atoms with Gasteiger partial charge in [-0.15, -0.1) is 0 Å². The summed E-state index contributed by atoms with van der Waals surface area (Å²) in [5.74, 6) is 1.01. The van der Waals surface area contributed by atoms with Crippen LogP contribution in [0.15, 0.2) is 18.2 Å². The summed E-state index contributed by atoms with van der Waals surface area (Å²) in [6.07, 6.45) is 2.17. The molecule has 0 aromatic heterocycles. The summed E-state index contributed by atoms with van der Waals surface area (Å²) < 4.78 is 5.61. The zero-order valence-electron chi connectivity index (χ0n) is 11.4. The zero-order valence-corrected chi connectivity index (χ0v) is 11.4. The van der Waals surface area contributed by atoms with Crippen molar-refractivity contribution in [1.29, 1.82) is 5.26 Å². The summed E-state index contributed by atoms with van der Waals surface area (Å²) in [6.45, 7) is 5.48. The van der Waals surface area contributed by atoms with Gasteiger partial charge in [0.2, 0.25) is 0 Å². The fourth-order valence-corrected chi connectivity index (χ4v) is 2.30. The molecule has 0 aliphatic carbocycles. The smallest absolute Gasteiger partial charge is 0.122 e. The Hall–Kier alpha value is -1.69. The fraction of sp³-hybridized carbons (Fsp3) is 0.533. The summed E-state index contributed by atoms with van der Waals surface area (Å²) in [5, 5.41) is 9.09. The molecule has 2 rings (SSSR count). The number of fused-ring (bicyclic) bond motifs is 1. The van der Waals surface area contributed by atoms with Crippen molar-refractivity contribution >= 4 is 5.69 Å². The molecule has 0 atom stereocenters. The highest BCUT2D eigenvalue weighted by molar-refractivity contribution is 5.53. The van der Waals surface area contributed by atoms with Gasteiger partial charge in [-0.3, -0.25) is 0 Å². The van der Waals surface area contributed by atoms with Crippen LogP contribution in [0.25, 0.3) is 0 Å². The topological polar surface area (TPSA) is 36.3 Å². The summed E-state index contributed by atoms with van der Waals surface area (Å²) in [5.41, 5.74) is 2.10. The van der Waals surface area contributed by atoms with Gasteiger partial charge in [-0.25, -0.2) is 0 Å². The van der Waals surface area contributed by atoms with E-state index in [4.69, 9.17) is 10.00 Å². The number of aryl methyl sites for hydroxylation is 1. The molecule has 18 heavy (non-hydrogen) atoms. The van der Waals surface area contributed by atoms with E-state index in [-0.39, 0.29) is 5.41 Å². The lowest BCUT2D eigenvalue weighted by atomic mass is 9.95. The highest BCUT2D eigenvalue weighted by Gasteiger charge is 2.20. The Morgan fingerprint density at radius 2 is 2.22 bits per heavy atom. The van der Waals surface area contributed by atoms with Gasteiger partial charge in [-0.1, -0.05) is 0 Å². The molecule has 0 radical (unpaired) electrons. The average Bonchev–Trinajstić information content (AvgIpc) is 2.37. The van der Waals surface area contributed by atoms with E-state index in [1.165, 1.54) is 5.56 Å². The van der Waals surface area contributed by atoms with Crippen LogP contribution in [0.4, 0.5) is 5.69 Å². The quantitative estimate of drug-likeness (QED) is 0.820. The zero-order chi connectivity index (χ0) is 13.2. The van der Waals surface area contributed by atoms with E-state index in [2.05, 4.69) is 23.1 Å². The Labute approximate surface area is 109 Å². The van der Waals surface area contributed by atoms with Gasteiger partial charge in [0.15, 0.2) is 0 Å². The molecule has 0 fully saturated rings. The number of nitrogens with zero attached hydrogens (tertiary/aromatic N) is 2. The Morgan fingerprint density at radius 3 is 2.94 bits per heavy atom. The first kappa shape index (κ1) is 12.8. The van der Waals surface area contributed by atoms with Crippen molar-refractivity contribution in [2.45, 2.75) is 26.7 Å². The highest BCUT2D eigenvalue weighted by atomic mass is 16.5. The highest BCUT2D eigenvalue weighted by Crippen LogP contribution is 2.29. The molecule has 0 N–H and O–H groups in total. The van der Waals surface area contributed by atoms with Crippen molar-refractivity contribution in [3.05, 3.63) is 23.8 Å². The van der Waals surface area contributed by atoms with Gasteiger partial charge >= 0.3 is 0 Å². The number of benzene rings is 1. The van der Waals surface area contributed by atoms with E-state index >= 15 is 0 Å². The van der Waals surface area contributed by atoms with E-state index in [9.17, 15) is 0 Å². The number of nitriles is 1. The number of hydrogen-bond donors (Lipinski definition) is 0. The molecular formula is C15H20N2O. The summed E-state index contributed by atoms with van der Waals surface area (Å²) in [4.78, 5) is 2.14. The first-order valence-electron chi connectivity index (χ1n) is 6.40. The van der Waals surface area contributed by atoms with Crippen LogP contribution in [0.3, 0.4) is 0 Å². The van der Waals surface area contributed by atoms with Crippen LogP contribution in [0.2, 0.25) is 0 Å². The molecule has 3 nitrogen and oxygen atoms in total. The minimum Gasteiger partial charge on any atom is -0.493 e. The Morgan fingerprint density at radius 1 is 1.44 bits per heavy atom. The van der Waals surface area contributed by atoms with Gasteiger partial charge in [0, 0.05) is 19.3 Å². The normalized spacial score (nSPS) is 14.3. The molecule has 0 spiro atoms. The van der Waals surface area contributed by atoms with E-state index in [1.54, 1.807) is 0 Å². The predicted octanol–water partition coefficient (Wildman–Crippen LogP) is 3.00. The van der Waals surface area contributed by atoms with Crippen molar-refractivity contribution < 1.29 is 4.74 Å². The molecule has 0 unspecified atom stereocenters. The first-order chi connectivity index (χ1) is 8.52. The molecule has 0 saturated heterocycles. The maximum absolute atomic E-state index is 9.09. The van der Waals surface area contributed by atoms with E-state index < -0.39 is 0 Å². The van der Waals surface area contributed by atoms with Crippen LogP contribution in [0.1, 0.15) is 25.8 Å².